The van der Waals surface area contributed by atoms with Crippen LogP contribution >= 0.6 is 0 Å². The molecule has 3 fully saturated rings. The quantitative estimate of drug-likeness (QED) is 0.181. The highest BCUT2D eigenvalue weighted by Crippen LogP contribution is 2.39. The number of hydrogen-bond donors (Lipinski definition) is 0. The van der Waals surface area contributed by atoms with Crippen molar-refractivity contribution in [3.63, 3.8) is 0 Å². The molecule has 0 bridgehead atoms. The Kier molecular flexibility index (Phi) is 11.6. The summed E-state index contributed by atoms with van der Waals surface area (Å²) in [4.78, 5) is 24.0. The van der Waals surface area contributed by atoms with Crippen molar-refractivity contribution in [2.24, 2.45) is 23.2 Å². The lowest BCUT2D eigenvalue weighted by Crippen LogP contribution is -2.32. The van der Waals surface area contributed by atoms with Gasteiger partial charge in [-0.15, -0.1) is 0 Å². The van der Waals surface area contributed by atoms with Crippen LogP contribution in [-0.4, -0.2) is 37.7 Å². The first-order chi connectivity index (χ1) is 16.9. The maximum atomic E-state index is 12.1. The predicted octanol–water partition coefficient (Wildman–Crippen LogP) is 6.71. The van der Waals surface area contributed by atoms with E-state index in [2.05, 4.69) is 0 Å². The second kappa shape index (κ2) is 14.4. The minimum atomic E-state index is -0.448. The third kappa shape index (κ3) is 9.53. The van der Waals surface area contributed by atoms with E-state index in [0.717, 1.165) is 43.9 Å². The molecule has 3 aliphatic carbocycles. The molecule has 200 valence electrons. The van der Waals surface area contributed by atoms with E-state index < -0.39 is 5.41 Å². The monoisotopic (exact) mass is 492 g/mol. The Labute approximate surface area is 212 Å². The van der Waals surface area contributed by atoms with Gasteiger partial charge in [0, 0.05) is 6.08 Å². The topological polar surface area (TPSA) is 71.1 Å². The molecule has 0 unspecified atom stereocenters. The molecule has 0 amide bonds. The lowest BCUT2D eigenvalue weighted by molar-refractivity contribution is -0.173. The molecule has 0 spiro atoms. The van der Waals surface area contributed by atoms with Crippen molar-refractivity contribution in [1.82, 2.24) is 0 Å². The van der Waals surface area contributed by atoms with Crippen molar-refractivity contribution in [3.8, 4) is 0 Å². The molecule has 0 heterocycles. The van der Waals surface area contributed by atoms with Crippen molar-refractivity contribution in [2.45, 2.75) is 123 Å². The van der Waals surface area contributed by atoms with Gasteiger partial charge in [0.25, 0.3) is 0 Å². The average Bonchev–Trinajstić information content (AvgIpc) is 2.89. The fourth-order valence-corrected chi connectivity index (χ4v) is 5.75. The Morgan fingerprint density at radius 1 is 0.743 bits per heavy atom. The van der Waals surface area contributed by atoms with Gasteiger partial charge in [-0.05, 0) is 102 Å². The lowest BCUT2D eigenvalue weighted by Gasteiger charge is -2.37. The molecular weight excluding hydrogens is 444 g/mol. The summed E-state index contributed by atoms with van der Waals surface area (Å²) in [5, 5.41) is 0. The van der Waals surface area contributed by atoms with Crippen LogP contribution in [0.3, 0.4) is 0 Å². The van der Waals surface area contributed by atoms with Gasteiger partial charge in [0.2, 0.25) is 0 Å². The Morgan fingerprint density at radius 3 is 1.77 bits per heavy atom. The molecule has 3 aliphatic rings. The van der Waals surface area contributed by atoms with Crippen LogP contribution in [0.2, 0.25) is 0 Å². The predicted molar refractivity (Wildman–Crippen MR) is 135 cm³/mol. The number of ether oxygens (including phenoxy) is 4. The van der Waals surface area contributed by atoms with Gasteiger partial charge in [-0.2, -0.15) is 0 Å². The van der Waals surface area contributed by atoms with Gasteiger partial charge in [-0.3, -0.25) is 4.79 Å². The van der Waals surface area contributed by atoms with Crippen molar-refractivity contribution >= 4 is 11.9 Å². The maximum Gasteiger partial charge on any atom is 0.332 e. The molecule has 0 atom stereocenters. The molecule has 3 saturated carbocycles. The minimum absolute atomic E-state index is 0.0611. The third-order valence-corrected chi connectivity index (χ3v) is 8.69. The van der Waals surface area contributed by atoms with Crippen molar-refractivity contribution < 1.29 is 28.5 Å². The summed E-state index contributed by atoms with van der Waals surface area (Å²) in [6.45, 7) is 5.94. The second-order valence-electron chi connectivity index (χ2n) is 11.5. The van der Waals surface area contributed by atoms with Gasteiger partial charge < -0.3 is 18.9 Å². The molecule has 6 nitrogen and oxygen atoms in total. The number of hydrogen-bond acceptors (Lipinski definition) is 6. The fourth-order valence-electron chi connectivity index (χ4n) is 5.75. The Morgan fingerprint density at radius 2 is 1.26 bits per heavy atom. The van der Waals surface area contributed by atoms with Crippen molar-refractivity contribution in [3.05, 3.63) is 12.2 Å². The van der Waals surface area contributed by atoms with Gasteiger partial charge in [0.15, 0.2) is 13.6 Å². The van der Waals surface area contributed by atoms with E-state index in [1.54, 1.807) is 6.08 Å². The molecule has 0 aliphatic heterocycles. The zero-order valence-electron chi connectivity index (χ0n) is 22.3. The summed E-state index contributed by atoms with van der Waals surface area (Å²) in [6, 6.07) is 0. The Balaban J connectivity index is 1.23. The summed E-state index contributed by atoms with van der Waals surface area (Å²) in [7, 11) is 0. The lowest BCUT2D eigenvalue weighted by atomic mass is 9.72. The normalized spacial score (nSPS) is 28.7. The molecule has 35 heavy (non-hydrogen) atoms. The highest BCUT2D eigenvalue weighted by molar-refractivity contribution is 5.81. The van der Waals surface area contributed by atoms with E-state index in [0.29, 0.717) is 5.92 Å². The van der Waals surface area contributed by atoms with E-state index in [9.17, 15) is 9.59 Å². The van der Waals surface area contributed by atoms with Crippen molar-refractivity contribution in [1.29, 1.82) is 0 Å². The summed E-state index contributed by atoms with van der Waals surface area (Å²) >= 11 is 0. The zero-order valence-corrected chi connectivity index (χ0v) is 22.3. The Bertz CT molecular complexity index is 665. The largest absolute Gasteiger partial charge is 0.438 e. The van der Waals surface area contributed by atoms with Crippen LogP contribution in [0.5, 0.6) is 0 Å². The molecule has 0 aromatic rings. The summed E-state index contributed by atoms with van der Waals surface area (Å²) in [5.74, 6) is 1.57. The first kappa shape index (κ1) is 28.2. The first-order valence-electron chi connectivity index (χ1n) is 14.1. The molecule has 3 rings (SSSR count). The van der Waals surface area contributed by atoms with E-state index in [-0.39, 0.29) is 37.7 Å². The number of rotatable bonds is 11. The minimum Gasteiger partial charge on any atom is -0.438 e. The maximum absolute atomic E-state index is 12.1. The van der Waals surface area contributed by atoms with Crippen LogP contribution in [0.15, 0.2) is 12.2 Å². The molecule has 0 saturated heterocycles. The standard InChI is InChI=1S/C29H48O6/c1-4-29(2,3)28(31)35-21-33-26-17-13-24(14-18-26)23-11-15-25(16-12-23)32-20-34-27(30)19-10-22-8-6-5-7-9-22/h10,19,22-26H,4-9,11-18,20-21H2,1-3H3. The van der Waals surface area contributed by atoms with Gasteiger partial charge in [0.1, 0.15) is 0 Å². The molecule has 0 aromatic carbocycles. The smallest absolute Gasteiger partial charge is 0.332 e. The third-order valence-electron chi connectivity index (χ3n) is 8.69. The summed E-state index contributed by atoms with van der Waals surface area (Å²) in [5.41, 5.74) is -0.448. The highest BCUT2D eigenvalue weighted by Gasteiger charge is 2.32. The SMILES string of the molecule is CCC(C)(C)C(=O)OCOC1CCC(C2CCC(OCOC(=O)C=CC3CCCCC3)CC2)CC1. The van der Waals surface area contributed by atoms with Crippen LogP contribution in [0, 0.1) is 23.2 Å². The highest BCUT2D eigenvalue weighted by atomic mass is 16.7. The van der Waals surface area contributed by atoms with E-state index in [1.807, 2.05) is 26.8 Å². The average molecular weight is 493 g/mol. The number of carbonyl (C=O) groups excluding carboxylic acids is 2. The van der Waals surface area contributed by atoms with Crippen molar-refractivity contribution in [2.75, 3.05) is 13.6 Å². The number of carbonyl (C=O) groups is 2. The molecule has 0 aromatic heterocycles. The van der Waals surface area contributed by atoms with Crippen LogP contribution in [0.1, 0.15) is 111 Å². The van der Waals surface area contributed by atoms with Gasteiger partial charge in [-0.25, -0.2) is 4.79 Å². The number of allylic oxidation sites excluding steroid dienone is 1. The van der Waals surface area contributed by atoms with E-state index in [4.69, 9.17) is 18.9 Å². The Hall–Kier alpha value is -1.40. The van der Waals surface area contributed by atoms with Crippen LogP contribution in [-0.2, 0) is 28.5 Å². The second-order valence-corrected chi connectivity index (χ2v) is 11.5. The fraction of sp³-hybridized carbons (Fsp3) is 0.862. The van der Waals surface area contributed by atoms with Gasteiger partial charge in [-0.1, -0.05) is 32.3 Å². The van der Waals surface area contributed by atoms with Crippen LogP contribution < -0.4 is 0 Å². The van der Waals surface area contributed by atoms with E-state index >= 15 is 0 Å². The van der Waals surface area contributed by atoms with E-state index in [1.165, 1.54) is 57.8 Å². The van der Waals surface area contributed by atoms with Crippen LogP contribution in [0.25, 0.3) is 0 Å². The molecule has 6 heteroatoms. The summed E-state index contributed by atoms with van der Waals surface area (Å²) in [6.07, 6.45) is 19.9. The van der Waals surface area contributed by atoms with Crippen LogP contribution in [0.4, 0.5) is 0 Å². The summed E-state index contributed by atoms with van der Waals surface area (Å²) < 4.78 is 22.3. The van der Waals surface area contributed by atoms with Gasteiger partial charge >= 0.3 is 11.9 Å². The zero-order chi connectivity index (χ0) is 25.1. The molecule has 0 N–H and O–H groups in total. The van der Waals surface area contributed by atoms with Gasteiger partial charge in [0.05, 0.1) is 17.6 Å². The first-order valence-corrected chi connectivity index (χ1v) is 14.1. The molecular formula is C29H48O6. The molecule has 0 radical (unpaired) electrons. The number of esters is 2.